The minimum Gasteiger partial charge on any atom is -0.351 e. The SMILES string of the molecule is CC(CCNC(=O)c1csc(CCN)n1)N(C)Cc1ccccc1.Cl.Cl. The predicted molar refractivity (Wildman–Crippen MR) is 114 cm³/mol. The summed E-state index contributed by atoms with van der Waals surface area (Å²) in [6.07, 6.45) is 1.62. The van der Waals surface area contributed by atoms with Gasteiger partial charge in [-0.3, -0.25) is 9.69 Å². The molecule has 0 aliphatic rings. The third kappa shape index (κ3) is 8.01. The largest absolute Gasteiger partial charge is 0.351 e. The van der Waals surface area contributed by atoms with E-state index in [2.05, 4.69) is 53.4 Å². The van der Waals surface area contributed by atoms with E-state index in [1.54, 1.807) is 5.38 Å². The van der Waals surface area contributed by atoms with Crippen LogP contribution in [0.25, 0.3) is 0 Å². The van der Waals surface area contributed by atoms with Gasteiger partial charge in [-0.15, -0.1) is 36.2 Å². The summed E-state index contributed by atoms with van der Waals surface area (Å²) in [6, 6.07) is 10.8. The highest BCUT2D eigenvalue weighted by Crippen LogP contribution is 2.10. The molecule has 0 radical (unpaired) electrons. The Kier molecular flexibility index (Phi) is 12.5. The van der Waals surface area contributed by atoms with Gasteiger partial charge in [-0.05, 0) is 32.5 Å². The van der Waals surface area contributed by atoms with Crippen LogP contribution in [-0.2, 0) is 13.0 Å². The van der Waals surface area contributed by atoms with E-state index >= 15 is 0 Å². The first-order valence-electron chi connectivity index (χ1n) is 8.27. The topological polar surface area (TPSA) is 71.2 Å². The average Bonchev–Trinajstić information content (AvgIpc) is 3.04. The average molecular weight is 419 g/mol. The number of halogens is 2. The molecule has 0 aliphatic carbocycles. The third-order valence-electron chi connectivity index (χ3n) is 4.02. The zero-order valence-corrected chi connectivity index (χ0v) is 17.6. The number of thiazole rings is 1. The molecule has 0 saturated carbocycles. The van der Waals surface area contributed by atoms with E-state index in [4.69, 9.17) is 5.73 Å². The van der Waals surface area contributed by atoms with Crippen LogP contribution in [0, 0.1) is 0 Å². The Morgan fingerprint density at radius 3 is 2.65 bits per heavy atom. The fourth-order valence-corrected chi connectivity index (χ4v) is 3.18. The van der Waals surface area contributed by atoms with Crippen molar-refractivity contribution in [2.45, 2.75) is 32.4 Å². The number of hydrogen-bond acceptors (Lipinski definition) is 5. The Hall–Kier alpha value is -1.18. The van der Waals surface area contributed by atoms with Crippen molar-refractivity contribution in [2.24, 2.45) is 5.73 Å². The monoisotopic (exact) mass is 418 g/mol. The summed E-state index contributed by atoms with van der Waals surface area (Å²) in [6.45, 7) is 4.28. The van der Waals surface area contributed by atoms with Crippen molar-refractivity contribution in [1.82, 2.24) is 15.2 Å². The van der Waals surface area contributed by atoms with Gasteiger partial charge in [-0.1, -0.05) is 30.3 Å². The molecule has 1 unspecified atom stereocenters. The normalized spacial score (nSPS) is 11.4. The van der Waals surface area contributed by atoms with E-state index < -0.39 is 0 Å². The first-order chi connectivity index (χ1) is 11.6. The van der Waals surface area contributed by atoms with Crippen LogP contribution in [0.4, 0.5) is 0 Å². The highest BCUT2D eigenvalue weighted by atomic mass is 35.5. The van der Waals surface area contributed by atoms with Crippen molar-refractivity contribution in [1.29, 1.82) is 0 Å². The van der Waals surface area contributed by atoms with E-state index in [0.29, 0.717) is 24.8 Å². The molecular weight excluding hydrogens is 391 g/mol. The summed E-state index contributed by atoms with van der Waals surface area (Å²) >= 11 is 1.49. The summed E-state index contributed by atoms with van der Waals surface area (Å²) in [5.74, 6) is -0.104. The molecule has 0 spiro atoms. The molecule has 3 N–H and O–H groups in total. The lowest BCUT2D eigenvalue weighted by Gasteiger charge is -2.24. The van der Waals surface area contributed by atoms with Gasteiger partial charge in [0.15, 0.2) is 0 Å². The molecule has 0 saturated heterocycles. The standard InChI is InChI=1S/C18H26N4OS.2ClH/c1-14(22(2)12-15-6-4-3-5-7-15)9-11-20-18(23)16-13-24-17(21-16)8-10-19;;/h3-7,13-14H,8-12,19H2,1-2H3,(H,20,23);2*1H. The number of hydrogen-bond donors (Lipinski definition) is 2. The van der Waals surface area contributed by atoms with Crippen molar-refractivity contribution in [3.63, 3.8) is 0 Å². The molecule has 2 rings (SSSR count). The van der Waals surface area contributed by atoms with Crippen LogP contribution < -0.4 is 11.1 Å². The molecule has 146 valence electrons. The lowest BCUT2D eigenvalue weighted by atomic mass is 10.1. The number of nitrogens with zero attached hydrogens (tertiary/aromatic N) is 2. The summed E-state index contributed by atoms with van der Waals surface area (Å²) < 4.78 is 0. The minimum absolute atomic E-state index is 0. The molecule has 1 aromatic carbocycles. The first kappa shape index (κ1) is 24.8. The minimum atomic E-state index is -0.104. The fraction of sp³-hybridized carbons (Fsp3) is 0.444. The number of carbonyl (C=O) groups excluding carboxylic acids is 1. The second-order valence-corrected chi connectivity index (χ2v) is 6.90. The quantitative estimate of drug-likeness (QED) is 0.655. The first-order valence-corrected chi connectivity index (χ1v) is 9.15. The summed E-state index contributed by atoms with van der Waals surface area (Å²) in [5, 5.41) is 5.66. The number of amides is 1. The molecule has 26 heavy (non-hydrogen) atoms. The number of aromatic nitrogens is 1. The molecule has 1 heterocycles. The number of rotatable bonds is 9. The van der Waals surface area contributed by atoms with Crippen LogP contribution in [0.2, 0.25) is 0 Å². The molecule has 1 atom stereocenters. The van der Waals surface area contributed by atoms with Crippen molar-refractivity contribution >= 4 is 42.1 Å². The molecule has 8 heteroatoms. The molecule has 2 aromatic rings. The lowest BCUT2D eigenvalue weighted by Crippen LogP contribution is -2.33. The highest BCUT2D eigenvalue weighted by Gasteiger charge is 2.13. The van der Waals surface area contributed by atoms with Crippen molar-refractivity contribution in [2.75, 3.05) is 20.1 Å². The van der Waals surface area contributed by atoms with Gasteiger partial charge in [0.1, 0.15) is 5.69 Å². The molecule has 0 bridgehead atoms. The fourth-order valence-electron chi connectivity index (χ4n) is 2.39. The van der Waals surface area contributed by atoms with E-state index in [9.17, 15) is 4.79 Å². The van der Waals surface area contributed by atoms with E-state index in [1.165, 1.54) is 16.9 Å². The Balaban J connectivity index is 0.00000312. The molecule has 1 amide bonds. The number of nitrogens with two attached hydrogens (primary N) is 1. The molecular formula is C18H28Cl2N4OS. The van der Waals surface area contributed by atoms with E-state index in [-0.39, 0.29) is 30.7 Å². The number of carbonyl (C=O) groups is 1. The highest BCUT2D eigenvalue weighted by molar-refractivity contribution is 7.09. The van der Waals surface area contributed by atoms with Crippen LogP contribution >= 0.6 is 36.2 Å². The predicted octanol–water partition coefficient (Wildman–Crippen LogP) is 3.13. The second-order valence-electron chi connectivity index (χ2n) is 5.96. The lowest BCUT2D eigenvalue weighted by molar-refractivity contribution is 0.0944. The van der Waals surface area contributed by atoms with Gasteiger partial charge in [0, 0.05) is 30.9 Å². The van der Waals surface area contributed by atoms with Crippen molar-refractivity contribution in [3.05, 3.63) is 52.0 Å². The summed E-state index contributed by atoms with van der Waals surface area (Å²) in [5.41, 5.74) is 7.30. The van der Waals surface area contributed by atoms with Crippen LogP contribution in [-0.4, -0.2) is 42.0 Å². The Labute approximate surface area is 172 Å². The Morgan fingerprint density at radius 2 is 2.00 bits per heavy atom. The Bertz CT molecular complexity index is 639. The Morgan fingerprint density at radius 1 is 1.31 bits per heavy atom. The van der Waals surface area contributed by atoms with Crippen LogP contribution in [0.15, 0.2) is 35.7 Å². The number of benzene rings is 1. The zero-order chi connectivity index (χ0) is 17.4. The van der Waals surface area contributed by atoms with E-state index in [1.807, 2.05) is 6.07 Å². The third-order valence-corrected chi connectivity index (χ3v) is 4.93. The maximum atomic E-state index is 12.1. The van der Waals surface area contributed by atoms with Crippen LogP contribution in [0.1, 0.15) is 34.4 Å². The van der Waals surface area contributed by atoms with Crippen molar-refractivity contribution in [3.8, 4) is 0 Å². The molecule has 5 nitrogen and oxygen atoms in total. The van der Waals surface area contributed by atoms with Crippen LogP contribution in [0.5, 0.6) is 0 Å². The molecule has 0 aliphatic heterocycles. The maximum Gasteiger partial charge on any atom is 0.270 e. The van der Waals surface area contributed by atoms with Gasteiger partial charge >= 0.3 is 0 Å². The second kappa shape index (κ2) is 13.1. The smallest absolute Gasteiger partial charge is 0.270 e. The van der Waals surface area contributed by atoms with E-state index in [0.717, 1.165) is 24.4 Å². The maximum absolute atomic E-state index is 12.1. The van der Waals surface area contributed by atoms with Crippen molar-refractivity contribution < 1.29 is 4.79 Å². The molecule has 1 aromatic heterocycles. The summed E-state index contributed by atoms with van der Waals surface area (Å²) in [7, 11) is 2.11. The van der Waals surface area contributed by atoms with Crippen LogP contribution in [0.3, 0.4) is 0 Å². The molecule has 0 fully saturated rings. The van der Waals surface area contributed by atoms with Gasteiger partial charge < -0.3 is 11.1 Å². The van der Waals surface area contributed by atoms with Gasteiger partial charge in [0.25, 0.3) is 5.91 Å². The number of nitrogens with one attached hydrogen (secondary N) is 1. The van der Waals surface area contributed by atoms with Gasteiger partial charge in [-0.2, -0.15) is 0 Å². The van der Waals surface area contributed by atoms with Gasteiger partial charge in [0.2, 0.25) is 0 Å². The van der Waals surface area contributed by atoms with Gasteiger partial charge in [0.05, 0.1) is 5.01 Å². The zero-order valence-electron chi connectivity index (χ0n) is 15.2. The summed E-state index contributed by atoms with van der Waals surface area (Å²) in [4.78, 5) is 18.7. The van der Waals surface area contributed by atoms with Gasteiger partial charge in [-0.25, -0.2) is 4.98 Å².